The van der Waals surface area contributed by atoms with Crippen LogP contribution in [0.1, 0.15) is 20.3 Å². The molecule has 0 unspecified atom stereocenters. The summed E-state index contributed by atoms with van der Waals surface area (Å²) in [5.74, 6) is 0.721. The van der Waals surface area contributed by atoms with Crippen molar-refractivity contribution in [3.63, 3.8) is 0 Å². The molecule has 0 fully saturated rings. The lowest BCUT2D eigenvalue weighted by atomic mass is 10.3. The Kier molecular flexibility index (Phi) is 3.98. The van der Waals surface area contributed by atoms with Gasteiger partial charge in [-0.15, -0.1) is 0 Å². The number of hydrogen-bond acceptors (Lipinski definition) is 3. The van der Waals surface area contributed by atoms with Crippen LogP contribution < -0.4 is 10.7 Å². The zero-order chi connectivity index (χ0) is 10.4. The third kappa shape index (κ3) is 2.49. The van der Waals surface area contributed by atoms with Crippen LogP contribution in [-0.2, 0) is 0 Å². The van der Waals surface area contributed by atoms with Gasteiger partial charge < -0.3 is 5.73 Å². The number of anilines is 1. The number of hydrazone groups is 1. The summed E-state index contributed by atoms with van der Waals surface area (Å²) in [5, 5.41) is 6.11. The fourth-order valence-electron chi connectivity index (χ4n) is 1.26. The van der Waals surface area contributed by atoms with E-state index in [0.29, 0.717) is 0 Å². The first-order valence-corrected chi connectivity index (χ1v) is 5.02. The predicted molar refractivity (Wildman–Crippen MR) is 61.4 cm³/mol. The SMILES string of the molecule is CC.NC1=NN(c2ccccc2)CC1. The van der Waals surface area contributed by atoms with Crippen LogP contribution in [0.5, 0.6) is 0 Å². The van der Waals surface area contributed by atoms with E-state index in [1.54, 1.807) is 0 Å². The molecule has 0 spiro atoms. The van der Waals surface area contributed by atoms with Gasteiger partial charge in [-0.05, 0) is 12.1 Å². The lowest BCUT2D eigenvalue weighted by Crippen LogP contribution is -2.11. The van der Waals surface area contributed by atoms with E-state index in [1.807, 2.05) is 49.2 Å². The van der Waals surface area contributed by atoms with Gasteiger partial charge in [0.25, 0.3) is 0 Å². The molecule has 3 nitrogen and oxygen atoms in total. The van der Waals surface area contributed by atoms with Gasteiger partial charge in [-0.25, -0.2) is 0 Å². The third-order valence-electron chi connectivity index (χ3n) is 1.88. The Labute approximate surface area is 85.2 Å². The Morgan fingerprint density at radius 2 is 1.86 bits per heavy atom. The van der Waals surface area contributed by atoms with Crippen molar-refractivity contribution >= 4 is 11.5 Å². The summed E-state index contributed by atoms with van der Waals surface area (Å²) in [4.78, 5) is 0. The molecule has 0 aromatic heterocycles. The van der Waals surface area contributed by atoms with Crippen LogP contribution in [0.4, 0.5) is 5.69 Å². The molecule has 1 aromatic carbocycles. The summed E-state index contributed by atoms with van der Waals surface area (Å²) in [5.41, 5.74) is 6.68. The number of nitrogens with two attached hydrogens (primary N) is 1. The molecule has 1 aliphatic heterocycles. The molecule has 0 amide bonds. The van der Waals surface area contributed by atoms with Crippen molar-refractivity contribution in [2.24, 2.45) is 10.8 Å². The minimum Gasteiger partial charge on any atom is -0.386 e. The average molecular weight is 191 g/mol. The van der Waals surface area contributed by atoms with Gasteiger partial charge in [-0.3, -0.25) is 5.01 Å². The molecular weight excluding hydrogens is 174 g/mol. The molecule has 76 valence electrons. The largest absolute Gasteiger partial charge is 0.386 e. The van der Waals surface area contributed by atoms with Crippen LogP contribution in [-0.4, -0.2) is 12.4 Å². The lowest BCUT2D eigenvalue weighted by Gasteiger charge is -2.12. The van der Waals surface area contributed by atoms with Crippen LogP contribution in [0.3, 0.4) is 0 Å². The zero-order valence-electron chi connectivity index (χ0n) is 8.77. The fraction of sp³-hybridized carbons (Fsp3) is 0.364. The monoisotopic (exact) mass is 191 g/mol. The highest BCUT2D eigenvalue weighted by molar-refractivity contribution is 5.84. The van der Waals surface area contributed by atoms with Crippen molar-refractivity contribution in [2.75, 3.05) is 11.6 Å². The molecular formula is C11H17N3. The standard InChI is InChI=1S/C9H11N3.C2H6/c10-9-6-7-12(11-9)8-4-2-1-3-5-8;1-2/h1-5H,6-7H2,(H2,10,11);1-2H3. The fourth-order valence-corrected chi connectivity index (χ4v) is 1.26. The van der Waals surface area contributed by atoms with Gasteiger partial charge in [0.15, 0.2) is 0 Å². The first kappa shape index (κ1) is 10.6. The van der Waals surface area contributed by atoms with Crippen LogP contribution in [0.25, 0.3) is 0 Å². The first-order chi connectivity index (χ1) is 6.86. The van der Waals surface area contributed by atoms with Gasteiger partial charge in [0, 0.05) is 13.0 Å². The van der Waals surface area contributed by atoms with Crippen molar-refractivity contribution in [1.82, 2.24) is 0 Å². The minimum absolute atomic E-state index is 0.721. The van der Waals surface area contributed by atoms with E-state index in [4.69, 9.17) is 5.73 Å². The van der Waals surface area contributed by atoms with Crippen LogP contribution in [0.15, 0.2) is 35.4 Å². The normalized spacial score (nSPS) is 14.4. The van der Waals surface area contributed by atoms with Gasteiger partial charge in [-0.2, -0.15) is 5.10 Å². The minimum atomic E-state index is 0.721. The van der Waals surface area contributed by atoms with Gasteiger partial charge in [0.1, 0.15) is 5.84 Å². The smallest absolute Gasteiger partial charge is 0.122 e. The molecule has 0 atom stereocenters. The quantitative estimate of drug-likeness (QED) is 0.739. The molecule has 3 heteroatoms. The molecule has 0 bridgehead atoms. The molecule has 0 saturated heterocycles. The molecule has 2 rings (SSSR count). The van der Waals surface area contributed by atoms with E-state index < -0.39 is 0 Å². The first-order valence-electron chi connectivity index (χ1n) is 5.02. The molecule has 1 heterocycles. The molecule has 0 radical (unpaired) electrons. The highest BCUT2D eigenvalue weighted by Crippen LogP contribution is 2.16. The second-order valence-electron chi connectivity index (χ2n) is 2.80. The van der Waals surface area contributed by atoms with Gasteiger partial charge in [0.2, 0.25) is 0 Å². The summed E-state index contributed by atoms with van der Waals surface area (Å²) in [7, 11) is 0. The van der Waals surface area contributed by atoms with Crippen molar-refractivity contribution in [1.29, 1.82) is 0 Å². The molecule has 0 saturated carbocycles. The topological polar surface area (TPSA) is 41.6 Å². The van der Waals surface area contributed by atoms with Crippen LogP contribution in [0, 0.1) is 0 Å². The van der Waals surface area contributed by atoms with Crippen molar-refractivity contribution in [2.45, 2.75) is 20.3 Å². The van der Waals surface area contributed by atoms with Crippen molar-refractivity contribution in [3.05, 3.63) is 30.3 Å². The maximum atomic E-state index is 5.57. The summed E-state index contributed by atoms with van der Waals surface area (Å²) >= 11 is 0. The van der Waals surface area contributed by atoms with E-state index in [1.165, 1.54) is 0 Å². The Bertz CT molecular complexity index is 293. The number of hydrogen-bond donors (Lipinski definition) is 1. The molecule has 14 heavy (non-hydrogen) atoms. The van der Waals surface area contributed by atoms with E-state index in [2.05, 4.69) is 5.10 Å². The van der Waals surface area contributed by atoms with Crippen molar-refractivity contribution < 1.29 is 0 Å². The summed E-state index contributed by atoms with van der Waals surface area (Å²) in [6, 6.07) is 10.1. The van der Waals surface area contributed by atoms with E-state index >= 15 is 0 Å². The van der Waals surface area contributed by atoms with E-state index in [-0.39, 0.29) is 0 Å². The third-order valence-corrected chi connectivity index (χ3v) is 1.88. The lowest BCUT2D eigenvalue weighted by molar-refractivity contribution is 0.922. The van der Waals surface area contributed by atoms with Gasteiger partial charge in [0.05, 0.1) is 5.69 Å². The number of para-hydroxylation sites is 1. The highest BCUT2D eigenvalue weighted by Gasteiger charge is 2.11. The Balaban J connectivity index is 0.000000461. The second kappa shape index (κ2) is 5.27. The van der Waals surface area contributed by atoms with Crippen LogP contribution in [0.2, 0.25) is 0 Å². The summed E-state index contributed by atoms with van der Waals surface area (Å²) in [6.07, 6.45) is 0.870. The maximum absolute atomic E-state index is 5.57. The van der Waals surface area contributed by atoms with Crippen molar-refractivity contribution in [3.8, 4) is 0 Å². The maximum Gasteiger partial charge on any atom is 0.122 e. The molecule has 1 aliphatic rings. The van der Waals surface area contributed by atoms with E-state index in [9.17, 15) is 0 Å². The van der Waals surface area contributed by atoms with Gasteiger partial charge in [-0.1, -0.05) is 32.0 Å². The summed E-state index contributed by atoms with van der Waals surface area (Å²) in [6.45, 7) is 4.90. The van der Waals surface area contributed by atoms with Crippen LogP contribution >= 0.6 is 0 Å². The Morgan fingerprint density at radius 1 is 1.21 bits per heavy atom. The number of amidine groups is 1. The number of nitrogens with zero attached hydrogens (tertiary/aromatic N) is 2. The molecule has 0 aliphatic carbocycles. The zero-order valence-corrected chi connectivity index (χ0v) is 8.77. The Morgan fingerprint density at radius 3 is 2.36 bits per heavy atom. The number of rotatable bonds is 1. The molecule has 1 aromatic rings. The second-order valence-corrected chi connectivity index (χ2v) is 2.80. The number of benzene rings is 1. The van der Waals surface area contributed by atoms with Gasteiger partial charge >= 0.3 is 0 Å². The predicted octanol–water partition coefficient (Wildman–Crippen LogP) is 2.20. The summed E-state index contributed by atoms with van der Waals surface area (Å²) < 4.78 is 0. The average Bonchev–Trinajstić information content (AvgIpc) is 2.69. The molecule has 2 N–H and O–H groups in total. The highest BCUT2D eigenvalue weighted by atomic mass is 15.5. The Hall–Kier alpha value is -1.51. The van der Waals surface area contributed by atoms with E-state index in [0.717, 1.165) is 24.5 Å².